The molecule has 6 heteroatoms. The van der Waals surface area contributed by atoms with Crippen LogP contribution in [0.1, 0.15) is 30.4 Å². The normalized spacial score (nSPS) is 11.1. The highest BCUT2D eigenvalue weighted by Gasteiger charge is 2.20. The molecule has 0 bridgehead atoms. The van der Waals surface area contributed by atoms with Gasteiger partial charge < -0.3 is 9.30 Å². The second kappa shape index (κ2) is 5.36. The summed E-state index contributed by atoms with van der Waals surface area (Å²) in [6.45, 7) is 3.68. The Kier molecular flexibility index (Phi) is 3.94. The standard InChI is InChI=1S/C14H13BrFNO3/c1-7(2)17-10-5-8(15)4-9(16)13(10)12(18)6-11(17)14(19)20-3/h4-7H,1-3H3. The van der Waals surface area contributed by atoms with Gasteiger partial charge in [-0.05, 0) is 26.0 Å². The van der Waals surface area contributed by atoms with Gasteiger partial charge in [-0.3, -0.25) is 4.79 Å². The Hall–Kier alpha value is -1.69. The number of rotatable bonds is 2. The first-order valence-corrected chi connectivity index (χ1v) is 6.78. The Labute approximate surface area is 123 Å². The molecule has 0 atom stereocenters. The maximum atomic E-state index is 14.0. The second-order valence-electron chi connectivity index (χ2n) is 4.63. The van der Waals surface area contributed by atoms with Gasteiger partial charge in [0.1, 0.15) is 11.5 Å². The molecule has 1 aromatic heterocycles. The molecular weight excluding hydrogens is 329 g/mol. The number of benzene rings is 1. The van der Waals surface area contributed by atoms with Gasteiger partial charge in [-0.1, -0.05) is 15.9 Å². The molecule has 4 nitrogen and oxygen atoms in total. The average Bonchev–Trinajstić information content (AvgIpc) is 2.35. The summed E-state index contributed by atoms with van der Waals surface area (Å²) in [6, 6.07) is 3.82. The van der Waals surface area contributed by atoms with Gasteiger partial charge in [-0.25, -0.2) is 9.18 Å². The number of hydrogen-bond donors (Lipinski definition) is 0. The Morgan fingerprint density at radius 1 is 1.35 bits per heavy atom. The monoisotopic (exact) mass is 341 g/mol. The second-order valence-corrected chi connectivity index (χ2v) is 5.55. The summed E-state index contributed by atoms with van der Waals surface area (Å²) in [7, 11) is 1.24. The SMILES string of the molecule is COC(=O)c1cc(=O)c2c(F)cc(Br)cc2n1C(C)C. The summed E-state index contributed by atoms with van der Waals surface area (Å²) < 4.78 is 20.8. The van der Waals surface area contributed by atoms with Crippen molar-refractivity contribution in [1.29, 1.82) is 0 Å². The lowest BCUT2D eigenvalue weighted by atomic mass is 10.1. The third-order valence-corrected chi connectivity index (χ3v) is 3.44. The number of hydrogen-bond acceptors (Lipinski definition) is 3. The largest absolute Gasteiger partial charge is 0.464 e. The van der Waals surface area contributed by atoms with E-state index in [1.165, 1.54) is 13.2 Å². The van der Waals surface area contributed by atoms with Gasteiger partial charge in [-0.15, -0.1) is 0 Å². The van der Waals surface area contributed by atoms with E-state index in [9.17, 15) is 14.0 Å². The molecule has 0 fully saturated rings. The van der Waals surface area contributed by atoms with Crippen molar-refractivity contribution in [3.8, 4) is 0 Å². The minimum atomic E-state index is -0.627. The minimum Gasteiger partial charge on any atom is -0.464 e. The molecule has 0 spiro atoms. The van der Waals surface area contributed by atoms with E-state index < -0.39 is 17.2 Å². The molecule has 0 radical (unpaired) electrons. The van der Waals surface area contributed by atoms with Crippen molar-refractivity contribution in [2.75, 3.05) is 7.11 Å². The Bertz CT molecular complexity index is 752. The summed E-state index contributed by atoms with van der Waals surface area (Å²) in [5.74, 6) is -1.25. The number of carbonyl (C=O) groups excluding carboxylic acids is 1. The van der Waals surface area contributed by atoms with E-state index in [1.54, 1.807) is 10.6 Å². The van der Waals surface area contributed by atoms with E-state index in [1.807, 2.05) is 13.8 Å². The highest BCUT2D eigenvalue weighted by molar-refractivity contribution is 9.10. The van der Waals surface area contributed by atoms with E-state index in [-0.39, 0.29) is 17.1 Å². The van der Waals surface area contributed by atoms with Crippen molar-refractivity contribution in [3.05, 3.63) is 44.4 Å². The van der Waals surface area contributed by atoms with Crippen molar-refractivity contribution in [2.45, 2.75) is 19.9 Å². The van der Waals surface area contributed by atoms with E-state index in [0.29, 0.717) is 9.99 Å². The van der Waals surface area contributed by atoms with E-state index >= 15 is 0 Å². The van der Waals surface area contributed by atoms with Crippen molar-refractivity contribution < 1.29 is 13.9 Å². The number of ether oxygens (including phenoxy) is 1. The fraction of sp³-hybridized carbons (Fsp3) is 0.286. The number of aromatic nitrogens is 1. The quantitative estimate of drug-likeness (QED) is 0.787. The van der Waals surface area contributed by atoms with E-state index in [2.05, 4.69) is 20.7 Å². The maximum Gasteiger partial charge on any atom is 0.354 e. The van der Waals surface area contributed by atoms with E-state index in [0.717, 1.165) is 6.07 Å². The molecule has 0 aliphatic heterocycles. The molecule has 0 saturated carbocycles. The summed E-state index contributed by atoms with van der Waals surface area (Å²) in [5, 5.41) is -0.0328. The highest BCUT2D eigenvalue weighted by Crippen LogP contribution is 2.25. The number of esters is 1. The zero-order valence-corrected chi connectivity index (χ0v) is 12.8. The smallest absolute Gasteiger partial charge is 0.354 e. The molecule has 0 aliphatic carbocycles. The molecular formula is C14H13BrFNO3. The number of nitrogens with zero attached hydrogens (tertiary/aromatic N) is 1. The number of pyridine rings is 1. The Morgan fingerprint density at radius 3 is 2.55 bits per heavy atom. The molecule has 106 valence electrons. The number of carbonyl (C=O) groups is 1. The summed E-state index contributed by atoms with van der Waals surface area (Å²) >= 11 is 3.20. The molecule has 2 rings (SSSR count). The third kappa shape index (κ3) is 2.35. The molecule has 0 unspecified atom stereocenters. The molecule has 0 N–H and O–H groups in total. The zero-order chi connectivity index (χ0) is 15.0. The van der Waals surface area contributed by atoms with Gasteiger partial charge in [-0.2, -0.15) is 0 Å². The average molecular weight is 342 g/mol. The number of halogens is 2. The minimum absolute atomic E-state index is 0.0328. The van der Waals surface area contributed by atoms with Crippen LogP contribution in [-0.4, -0.2) is 17.6 Å². The molecule has 0 aliphatic rings. The summed E-state index contributed by atoms with van der Waals surface area (Å²) in [5.41, 5.74) is -0.0698. The first-order valence-electron chi connectivity index (χ1n) is 5.99. The molecule has 0 saturated heterocycles. The number of fused-ring (bicyclic) bond motifs is 1. The topological polar surface area (TPSA) is 48.3 Å². The van der Waals surface area contributed by atoms with Crippen molar-refractivity contribution in [2.24, 2.45) is 0 Å². The lowest BCUT2D eigenvalue weighted by molar-refractivity contribution is 0.0586. The van der Waals surface area contributed by atoms with Crippen LogP contribution in [0.25, 0.3) is 10.9 Å². The van der Waals surface area contributed by atoms with Gasteiger partial charge in [0.15, 0.2) is 5.43 Å². The Morgan fingerprint density at radius 2 is 2.00 bits per heavy atom. The van der Waals surface area contributed by atoms with Gasteiger partial charge in [0.05, 0.1) is 18.0 Å². The van der Waals surface area contributed by atoms with Crippen LogP contribution in [0.2, 0.25) is 0 Å². The van der Waals surface area contributed by atoms with Crippen molar-refractivity contribution in [3.63, 3.8) is 0 Å². The van der Waals surface area contributed by atoms with Crippen LogP contribution >= 0.6 is 15.9 Å². The first kappa shape index (κ1) is 14.7. The van der Waals surface area contributed by atoms with Crippen LogP contribution in [0.5, 0.6) is 0 Å². The fourth-order valence-corrected chi connectivity index (χ4v) is 2.63. The molecule has 2 aromatic rings. The van der Waals surface area contributed by atoms with Crippen molar-refractivity contribution >= 4 is 32.8 Å². The van der Waals surface area contributed by atoms with Crippen LogP contribution in [0, 0.1) is 5.82 Å². The Balaban J connectivity index is 3.02. The molecule has 20 heavy (non-hydrogen) atoms. The highest BCUT2D eigenvalue weighted by atomic mass is 79.9. The number of methoxy groups -OCH3 is 1. The lowest BCUT2D eigenvalue weighted by Crippen LogP contribution is -2.21. The lowest BCUT2D eigenvalue weighted by Gasteiger charge is -2.19. The molecule has 1 aromatic carbocycles. The maximum absolute atomic E-state index is 14.0. The molecule has 0 amide bonds. The zero-order valence-electron chi connectivity index (χ0n) is 11.2. The fourth-order valence-electron chi connectivity index (χ4n) is 2.21. The van der Waals surface area contributed by atoms with Crippen LogP contribution < -0.4 is 5.43 Å². The van der Waals surface area contributed by atoms with Crippen LogP contribution in [0.4, 0.5) is 4.39 Å². The summed E-state index contributed by atoms with van der Waals surface area (Å²) in [4.78, 5) is 23.9. The molecule has 1 heterocycles. The van der Waals surface area contributed by atoms with Gasteiger partial charge in [0, 0.05) is 16.6 Å². The van der Waals surface area contributed by atoms with Gasteiger partial charge >= 0.3 is 5.97 Å². The van der Waals surface area contributed by atoms with Crippen LogP contribution in [-0.2, 0) is 4.74 Å². The van der Waals surface area contributed by atoms with Crippen LogP contribution in [0.15, 0.2) is 27.5 Å². The van der Waals surface area contributed by atoms with Crippen molar-refractivity contribution in [1.82, 2.24) is 4.57 Å². The van der Waals surface area contributed by atoms with Crippen LogP contribution in [0.3, 0.4) is 0 Å². The first-order chi connectivity index (χ1) is 9.36. The van der Waals surface area contributed by atoms with Gasteiger partial charge in [0.25, 0.3) is 0 Å². The van der Waals surface area contributed by atoms with E-state index in [4.69, 9.17) is 0 Å². The van der Waals surface area contributed by atoms with Gasteiger partial charge in [0.2, 0.25) is 0 Å². The predicted octanol–water partition coefficient (Wildman–Crippen LogP) is 3.27. The summed E-state index contributed by atoms with van der Waals surface area (Å²) in [6.07, 6.45) is 0. The third-order valence-electron chi connectivity index (χ3n) is 2.98. The predicted molar refractivity (Wildman–Crippen MR) is 77.6 cm³/mol.